The lowest BCUT2D eigenvalue weighted by Gasteiger charge is -2.42. The zero-order valence-electron chi connectivity index (χ0n) is 13.4. The Balaban J connectivity index is 1.64. The first-order valence-corrected chi connectivity index (χ1v) is 8.34. The number of carboxylic acids is 1. The summed E-state index contributed by atoms with van der Waals surface area (Å²) in [5, 5.41) is 12.6. The van der Waals surface area contributed by atoms with Crippen molar-refractivity contribution in [3.8, 4) is 0 Å². The molecule has 2 N–H and O–H groups in total. The van der Waals surface area contributed by atoms with Crippen LogP contribution in [-0.4, -0.2) is 34.1 Å². The molecule has 2 aliphatic heterocycles. The summed E-state index contributed by atoms with van der Waals surface area (Å²) in [4.78, 5) is 22.9. The highest BCUT2D eigenvalue weighted by molar-refractivity contribution is 5.93. The number of rotatable bonds is 1. The van der Waals surface area contributed by atoms with Gasteiger partial charge in [-0.15, -0.1) is 0 Å². The van der Waals surface area contributed by atoms with Crippen molar-refractivity contribution in [2.75, 3.05) is 23.3 Å². The summed E-state index contributed by atoms with van der Waals surface area (Å²) in [7, 11) is 0. The van der Waals surface area contributed by atoms with Gasteiger partial charge in [0.1, 0.15) is 0 Å². The molecule has 1 atom stereocenters. The molecule has 0 aliphatic carbocycles. The summed E-state index contributed by atoms with van der Waals surface area (Å²) in [5.74, 6) is 0.622. The van der Waals surface area contributed by atoms with E-state index >= 15 is 0 Å². The molecule has 0 amide bonds. The van der Waals surface area contributed by atoms with Crippen molar-refractivity contribution in [2.24, 2.45) is 0 Å². The fraction of sp³-hybridized carbons (Fsp3) is 0.211. The normalized spacial score (nSPS) is 18.1. The van der Waals surface area contributed by atoms with Gasteiger partial charge in [-0.2, -0.15) is 0 Å². The van der Waals surface area contributed by atoms with Crippen molar-refractivity contribution in [1.29, 1.82) is 0 Å². The monoisotopic (exact) mass is 332 g/mol. The van der Waals surface area contributed by atoms with Crippen LogP contribution in [0.15, 0.2) is 42.5 Å². The largest absolute Gasteiger partial charge is 0.478 e. The van der Waals surface area contributed by atoms with E-state index in [4.69, 9.17) is 4.98 Å². The van der Waals surface area contributed by atoms with Crippen molar-refractivity contribution in [3.63, 3.8) is 0 Å². The molecule has 2 aromatic carbocycles. The highest BCUT2D eigenvalue weighted by Crippen LogP contribution is 2.39. The zero-order valence-corrected chi connectivity index (χ0v) is 13.4. The molecule has 0 radical (unpaired) electrons. The van der Waals surface area contributed by atoms with E-state index in [9.17, 15) is 9.90 Å². The van der Waals surface area contributed by atoms with Crippen LogP contribution in [0, 0.1) is 0 Å². The summed E-state index contributed by atoms with van der Waals surface area (Å²) in [6.07, 6.45) is 0.973. The molecule has 5 rings (SSSR count). The van der Waals surface area contributed by atoms with Crippen LogP contribution in [0.5, 0.6) is 0 Å². The number of anilines is 2. The Morgan fingerprint density at radius 3 is 2.92 bits per heavy atom. The molecular formula is C19H16N4O2. The Hall–Kier alpha value is -3.15. The summed E-state index contributed by atoms with van der Waals surface area (Å²) in [6.45, 7) is 1.67. The fourth-order valence-corrected chi connectivity index (χ4v) is 3.82. The number of fused-ring (bicyclic) bond motifs is 6. The molecule has 0 bridgehead atoms. The SMILES string of the molecule is O=C(O)c1ccc2nc3c(nc2c1)N1CCc2ccccc2C1CN3. The van der Waals surface area contributed by atoms with Crippen LogP contribution >= 0.6 is 0 Å². The number of nitrogens with one attached hydrogen (secondary N) is 1. The van der Waals surface area contributed by atoms with Gasteiger partial charge >= 0.3 is 5.97 Å². The average molecular weight is 332 g/mol. The van der Waals surface area contributed by atoms with Crippen LogP contribution in [-0.2, 0) is 6.42 Å². The summed E-state index contributed by atoms with van der Waals surface area (Å²) in [6, 6.07) is 13.6. The first-order valence-electron chi connectivity index (χ1n) is 8.34. The third-order valence-electron chi connectivity index (χ3n) is 5.04. The van der Waals surface area contributed by atoms with E-state index in [0.717, 1.165) is 31.1 Å². The minimum atomic E-state index is -0.954. The molecule has 3 heterocycles. The van der Waals surface area contributed by atoms with Gasteiger partial charge in [0, 0.05) is 13.1 Å². The van der Waals surface area contributed by atoms with Gasteiger partial charge in [0.2, 0.25) is 0 Å². The molecule has 2 aliphatic rings. The van der Waals surface area contributed by atoms with E-state index in [1.807, 2.05) is 0 Å². The number of aromatic carboxylic acids is 1. The lowest BCUT2D eigenvalue weighted by molar-refractivity contribution is 0.0697. The maximum Gasteiger partial charge on any atom is 0.335 e. The number of hydrogen-bond acceptors (Lipinski definition) is 5. The quantitative estimate of drug-likeness (QED) is 0.713. The van der Waals surface area contributed by atoms with Gasteiger partial charge in [-0.25, -0.2) is 14.8 Å². The first kappa shape index (κ1) is 14.2. The number of carbonyl (C=O) groups is 1. The van der Waals surface area contributed by atoms with Gasteiger partial charge in [0.05, 0.1) is 22.6 Å². The molecule has 124 valence electrons. The molecule has 1 unspecified atom stereocenters. The van der Waals surface area contributed by atoms with Crippen molar-refractivity contribution in [2.45, 2.75) is 12.5 Å². The Kier molecular flexibility index (Phi) is 2.94. The van der Waals surface area contributed by atoms with Crippen LogP contribution < -0.4 is 10.2 Å². The molecule has 3 aromatic rings. The van der Waals surface area contributed by atoms with Gasteiger partial charge in [0.15, 0.2) is 11.6 Å². The second-order valence-electron chi connectivity index (χ2n) is 6.44. The fourth-order valence-electron chi connectivity index (χ4n) is 3.82. The number of aromatic nitrogens is 2. The predicted molar refractivity (Wildman–Crippen MR) is 95.2 cm³/mol. The van der Waals surface area contributed by atoms with Crippen LogP contribution in [0.3, 0.4) is 0 Å². The van der Waals surface area contributed by atoms with Crippen molar-refractivity contribution >= 4 is 28.6 Å². The number of hydrogen-bond donors (Lipinski definition) is 2. The average Bonchev–Trinajstić information content (AvgIpc) is 2.65. The lowest BCUT2D eigenvalue weighted by atomic mass is 9.91. The maximum absolute atomic E-state index is 11.2. The third-order valence-corrected chi connectivity index (χ3v) is 5.04. The van der Waals surface area contributed by atoms with Gasteiger partial charge in [0.25, 0.3) is 0 Å². The Bertz CT molecular complexity index is 1020. The van der Waals surface area contributed by atoms with E-state index < -0.39 is 5.97 Å². The topological polar surface area (TPSA) is 78.3 Å². The van der Waals surface area contributed by atoms with E-state index in [1.165, 1.54) is 11.1 Å². The maximum atomic E-state index is 11.2. The van der Waals surface area contributed by atoms with Crippen LogP contribution in [0.25, 0.3) is 11.0 Å². The predicted octanol–water partition coefficient (Wildman–Crippen LogP) is 2.86. The van der Waals surface area contributed by atoms with Crippen molar-refractivity contribution < 1.29 is 9.90 Å². The second-order valence-corrected chi connectivity index (χ2v) is 6.44. The molecule has 1 aromatic heterocycles. The number of carboxylic acid groups (broad SMARTS) is 1. The van der Waals surface area contributed by atoms with E-state index in [1.54, 1.807) is 18.2 Å². The van der Waals surface area contributed by atoms with Crippen LogP contribution in [0.2, 0.25) is 0 Å². The molecule has 25 heavy (non-hydrogen) atoms. The Labute approximate surface area is 144 Å². The number of benzene rings is 2. The Morgan fingerprint density at radius 1 is 1.16 bits per heavy atom. The van der Waals surface area contributed by atoms with E-state index in [0.29, 0.717) is 11.0 Å². The van der Waals surface area contributed by atoms with Crippen molar-refractivity contribution in [1.82, 2.24) is 9.97 Å². The summed E-state index contributed by atoms with van der Waals surface area (Å²) in [5.41, 5.74) is 4.25. The van der Waals surface area contributed by atoms with Gasteiger partial charge in [-0.1, -0.05) is 24.3 Å². The summed E-state index contributed by atoms with van der Waals surface area (Å²) < 4.78 is 0. The molecule has 0 spiro atoms. The molecule has 0 saturated carbocycles. The molecular weight excluding hydrogens is 316 g/mol. The minimum absolute atomic E-state index is 0.228. The highest BCUT2D eigenvalue weighted by atomic mass is 16.4. The molecule has 6 heteroatoms. The van der Waals surface area contributed by atoms with Crippen LogP contribution in [0.4, 0.5) is 11.6 Å². The lowest BCUT2D eigenvalue weighted by Crippen LogP contribution is -2.43. The first-order chi connectivity index (χ1) is 12.2. The number of nitrogens with zero attached hydrogens (tertiary/aromatic N) is 3. The van der Waals surface area contributed by atoms with Crippen molar-refractivity contribution in [3.05, 3.63) is 59.2 Å². The second kappa shape index (κ2) is 5.17. The Morgan fingerprint density at radius 2 is 2.04 bits per heavy atom. The third kappa shape index (κ3) is 2.14. The van der Waals surface area contributed by atoms with E-state index in [-0.39, 0.29) is 11.6 Å². The van der Waals surface area contributed by atoms with Gasteiger partial charge in [-0.05, 0) is 35.7 Å². The standard InChI is InChI=1S/C19H16N4O2/c24-19(25)12-5-6-14-15(9-12)22-18-17(21-14)20-10-16-13-4-2-1-3-11(13)7-8-23(16)18/h1-6,9,16H,7-8,10H2,(H,20,21)(H,24,25). The van der Waals surface area contributed by atoms with E-state index in [2.05, 4.69) is 39.5 Å². The highest BCUT2D eigenvalue weighted by Gasteiger charge is 2.33. The van der Waals surface area contributed by atoms with Gasteiger partial charge < -0.3 is 15.3 Å². The van der Waals surface area contributed by atoms with Gasteiger partial charge in [-0.3, -0.25) is 0 Å². The van der Waals surface area contributed by atoms with Crippen LogP contribution in [0.1, 0.15) is 27.5 Å². The summed E-state index contributed by atoms with van der Waals surface area (Å²) >= 11 is 0. The molecule has 0 fully saturated rings. The zero-order chi connectivity index (χ0) is 17.0. The smallest absolute Gasteiger partial charge is 0.335 e. The molecule has 0 saturated heterocycles. The molecule has 6 nitrogen and oxygen atoms in total. The minimum Gasteiger partial charge on any atom is -0.478 e.